The van der Waals surface area contributed by atoms with Gasteiger partial charge in [-0.2, -0.15) is 0 Å². The van der Waals surface area contributed by atoms with E-state index >= 15 is 0 Å². The van der Waals surface area contributed by atoms with Crippen LogP contribution in [0.25, 0.3) is 0 Å². The fourth-order valence-electron chi connectivity index (χ4n) is 3.14. The van der Waals surface area contributed by atoms with E-state index in [0.717, 1.165) is 18.4 Å². The van der Waals surface area contributed by atoms with Crippen LogP contribution in [0.4, 0.5) is 0 Å². The molecule has 3 aliphatic rings. The summed E-state index contributed by atoms with van der Waals surface area (Å²) in [6, 6.07) is 0. The first-order chi connectivity index (χ1) is 6.07. The number of ether oxygens (including phenoxy) is 1. The number of fused-ring (bicyclic) bond motifs is 1. The highest BCUT2D eigenvalue weighted by molar-refractivity contribution is 5.25. The number of hydrogen-bond acceptors (Lipinski definition) is 1. The summed E-state index contributed by atoms with van der Waals surface area (Å²) in [5.74, 6) is 1.59. The molecule has 1 nitrogen and oxygen atoms in total. The maximum Gasteiger partial charge on any atom is 0.0791 e. The molecule has 0 N–H and O–H groups in total. The first-order valence-corrected chi connectivity index (χ1v) is 5.37. The summed E-state index contributed by atoms with van der Waals surface area (Å²) in [6.07, 6.45) is 4.08. The van der Waals surface area contributed by atoms with Gasteiger partial charge in [0.05, 0.1) is 6.10 Å². The zero-order chi connectivity index (χ0) is 9.64. The molecular weight excluding hydrogens is 160 g/mol. The predicted octanol–water partition coefficient (Wildman–Crippen LogP) is 3.01. The van der Waals surface area contributed by atoms with Crippen molar-refractivity contribution >= 4 is 0 Å². The van der Waals surface area contributed by atoms with Crippen molar-refractivity contribution in [2.75, 3.05) is 6.61 Å². The number of rotatable bonds is 2. The Labute approximate surface area is 81.2 Å². The molecule has 0 aromatic carbocycles. The minimum atomic E-state index is 0.394. The monoisotopic (exact) mass is 180 g/mol. The minimum Gasteiger partial charge on any atom is -0.374 e. The van der Waals surface area contributed by atoms with E-state index in [1.54, 1.807) is 5.57 Å². The smallest absolute Gasteiger partial charge is 0.0791 e. The summed E-state index contributed by atoms with van der Waals surface area (Å²) >= 11 is 0. The van der Waals surface area contributed by atoms with Crippen molar-refractivity contribution < 1.29 is 4.74 Å². The molecule has 1 heteroatoms. The van der Waals surface area contributed by atoms with Gasteiger partial charge in [0.1, 0.15) is 0 Å². The van der Waals surface area contributed by atoms with Gasteiger partial charge in [0.2, 0.25) is 0 Å². The summed E-state index contributed by atoms with van der Waals surface area (Å²) in [4.78, 5) is 0. The van der Waals surface area contributed by atoms with Gasteiger partial charge in [-0.25, -0.2) is 0 Å². The first kappa shape index (κ1) is 9.26. The van der Waals surface area contributed by atoms with Gasteiger partial charge in [-0.1, -0.05) is 25.5 Å². The average Bonchev–Trinajstić information content (AvgIpc) is 2.03. The lowest BCUT2D eigenvalue weighted by Gasteiger charge is -2.58. The lowest BCUT2D eigenvalue weighted by atomic mass is 9.48. The molecule has 74 valence electrons. The highest BCUT2D eigenvalue weighted by atomic mass is 16.5. The Kier molecular flexibility index (Phi) is 2.03. The molecule has 2 bridgehead atoms. The van der Waals surface area contributed by atoms with Gasteiger partial charge in [-0.05, 0) is 37.5 Å². The summed E-state index contributed by atoms with van der Waals surface area (Å²) in [5.41, 5.74) is 2.03. The lowest BCUT2D eigenvalue weighted by molar-refractivity contribution is -0.100. The summed E-state index contributed by atoms with van der Waals surface area (Å²) in [7, 11) is 0. The topological polar surface area (TPSA) is 9.23 Å². The SMILES string of the molecule is CCOC1C=C(C)[C@H]2C[C@H]1C2(C)C. The van der Waals surface area contributed by atoms with Crippen LogP contribution in [0.15, 0.2) is 11.6 Å². The first-order valence-electron chi connectivity index (χ1n) is 5.37. The maximum absolute atomic E-state index is 5.76. The molecule has 13 heavy (non-hydrogen) atoms. The Morgan fingerprint density at radius 1 is 1.54 bits per heavy atom. The zero-order valence-corrected chi connectivity index (χ0v) is 9.13. The predicted molar refractivity (Wildman–Crippen MR) is 54.5 cm³/mol. The van der Waals surface area contributed by atoms with Crippen LogP contribution in [0, 0.1) is 17.3 Å². The van der Waals surface area contributed by atoms with Gasteiger partial charge in [0, 0.05) is 6.61 Å². The molecule has 3 aliphatic carbocycles. The Morgan fingerprint density at radius 3 is 2.69 bits per heavy atom. The van der Waals surface area contributed by atoms with Crippen molar-refractivity contribution in [1.29, 1.82) is 0 Å². The molecule has 1 fully saturated rings. The van der Waals surface area contributed by atoms with Crippen molar-refractivity contribution in [2.45, 2.75) is 40.2 Å². The normalized spacial score (nSPS) is 40.9. The molecule has 3 rings (SSSR count). The third-order valence-electron chi connectivity index (χ3n) is 4.08. The molecule has 0 radical (unpaired) electrons. The van der Waals surface area contributed by atoms with Gasteiger partial charge in [-0.3, -0.25) is 0 Å². The molecule has 0 amide bonds. The fourth-order valence-corrected chi connectivity index (χ4v) is 3.14. The Balaban J connectivity index is 2.20. The van der Waals surface area contributed by atoms with E-state index in [0.29, 0.717) is 11.5 Å². The van der Waals surface area contributed by atoms with E-state index < -0.39 is 0 Å². The van der Waals surface area contributed by atoms with Crippen molar-refractivity contribution in [3.05, 3.63) is 11.6 Å². The highest BCUT2D eigenvalue weighted by Crippen LogP contribution is 2.59. The third-order valence-corrected chi connectivity index (χ3v) is 4.08. The van der Waals surface area contributed by atoms with E-state index in [1.165, 1.54) is 6.42 Å². The van der Waals surface area contributed by atoms with Crippen molar-refractivity contribution in [2.24, 2.45) is 17.3 Å². The molecule has 1 saturated carbocycles. The van der Waals surface area contributed by atoms with Crippen LogP contribution in [0.5, 0.6) is 0 Å². The molecule has 1 unspecified atom stereocenters. The second-order valence-corrected chi connectivity index (χ2v) is 5.05. The Bertz CT molecular complexity index is 240. The standard InChI is InChI=1S/C12H20O/c1-5-13-11-6-8(2)9-7-10(11)12(9,3)4/h6,9-11H,5,7H2,1-4H3/t9-,10-,11?/m1/s1. The molecular formula is C12H20O. The molecule has 0 aromatic heterocycles. The van der Waals surface area contributed by atoms with Gasteiger partial charge in [0.25, 0.3) is 0 Å². The van der Waals surface area contributed by atoms with E-state index in [4.69, 9.17) is 4.74 Å². The van der Waals surface area contributed by atoms with Gasteiger partial charge in [-0.15, -0.1) is 0 Å². The van der Waals surface area contributed by atoms with E-state index in [9.17, 15) is 0 Å². The van der Waals surface area contributed by atoms with Crippen LogP contribution in [0.2, 0.25) is 0 Å². The van der Waals surface area contributed by atoms with Crippen LogP contribution < -0.4 is 0 Å². The lowest BCUT2D eigenvalue weighted by Crippen LogP contribution is -2.54. The number of hydrogen-bond donors (Lipinski definition) is 0. The molecule has 0 saturated heterocycles. The highest BCUT2D eigenvalue weighted by Gasteiger charge is 2.54. The zero-order valence-electron chi connectivity index (χ0n) is 9.13. The van der Waals surface area contributed by atoms with Gasteiger partial charge >= 0.3 is 0 Å². The third kappa shape index (κ3) is 1.17. The van der Waals surface area contributed by atoms with E-state index in [2.05, 4.69) is 33.8 Å². The molecule has 0 aliphatic heterocycles. The van der Waals surface area contributed by atoms with Gasteiger partial charge < -0.3 is 4.74 Å². The van der Waals surface area contributed by atoms with Crippen molar-refractivity contribution in [1.82, 2.24) is 0 Å². The summed E-state index contributed by atoms with van der Waals surface area (Å²) in [5, 5.41) is 0. The van der Waals surface area contributed by atoms with E-state index in [-0.39, 0.29) is 0 Å². The van der Waals surface area contributed by atoms with E-state index in [1.807, 2.05) is 0 Å². The quantitative estimate of drug-likeness (QED) is 0.593. The van der Waals surface area contributed by atoms with Crippen LogP contribution in [-0.4, -0.2) is 12.7 Å². The largest absolute Gasteiger partial charge is 0.374 e. The molecule has 0 heterocycles. The van der Waals surface area contributed by atoms with Crippen LogP contribution in [-0.2, 0) is 4.74 Å². The number of allylic oxidation sites excluding steroid dienone is 1. The van der Waals surface area contributed by atoms with Crippen molar-refractivity contribution in [3.8, 4) is 0 Å². The Hall–Kier alpha value is -0.300. The minimum absolute atomic E-state index is 0.394. The Morgan fingerprint density at radius 2 is 2.23 bits per heavy atom. The average molecular weight is 180 g/mol. The molecule has 0 spiro atoms. The second-order valence-electron chi connectivity index (χ2n) is 5.05. The second kappa shape index (κ2) is 2.84. The van der Waals surface area contributed by atoms with Crippen LogP contribution >= 0.6 is 0 Å². The van der Waals surface area contributed by atoms with Crippen LogP contribution in [0.1, 0.15) is 34.1 Å². The van der Waals surface area contributed by atoms with Crippen LogP contribution in [0.3, 0.4) is 0 Å². The molecule has 3 atom stereocenters. The summed E-state index contributed by atoms with van der Waals surface area (Å²) in [6.45, 7) is 9.95. The fraction of sp³-hybridized carbons (Fsp3) is 0.833. The van der Waals surface area contributed by atoms with Gasteiger partial charge in [0.15, 0.2) is 0 Å². The molecule has 0 aromatic rings. The maximum atomic E-state index is 5.76. The summed E-state index contributed by atoms with van der Waals surface area (Å²) < 4.78 is 5.76. The van der Waals surface area contributed by atoms with Crippen molar-refractivity contribution in [3.63, 3.8) is 0 Å².